The molecule has 0 radical (unpaired) electrons. The molecule has 18 heavy (non-hydrogen) atoms. The molecule has 0 bridgehead atoms. The van der Waals surface area contributed by atoms with Crippen molar-refractivity contribution in [1.29, 1.82) is 0 Å². The first kappa shape index (κ1) is 11.8. The van der Waals surface area contributed by atoms with Crippen molar-refractivity contribution in [1.82, 2.24) is 0 Å². The van der Waals surface area contributed by atoms with E-state index in [9.17, 15) is 0 Å². The van der Waals surface area contributed by atoms with Crippen molar-refractivity contribution in [3.8, 4) is 11.8 Å². The molecule has 1 aromatic carbocycles. The molecular formula is C17H20O. The summed E-state index contributed by atoms with van der Waals surface area (Å²) in [6.45, 7) is 0.957. The van der Waals surface area contributed by atoms with Crippen LogP contribution >= 0.6 is 0 Å². The zero-order valence-corrected chi connectivity index (χ0v) is 10.8. The third-order valence-corrected chi connectivity index (χ3v) is 4.18. The minimum absolute atomic E-state index is 0.189. The summed E-state index contributed by atoms with van der Waals surface area (Å²) in [5.74, 6) is 7.30. The molecular weight excluding hydrogens is 220 g/mol. The highest BCUT2D eigenvalue weighted by Gasteiger charge is 2.39. The van der Waals surface area contributed by atoms with Gasteiger partial charge in [0, 0.05) is 18.1 Å². The second-order valence-electron chi connectivity index (χ2n) is 5.56. The Morgan fingerprint density at radius 2 is 1.94 bits per heavy atom. The second-order valence-corrected chi connectivity index (χ2v) is 5.56. The molecule has 1 heterocycles. The molecule has 0 aromatic heterocycles. The summed E-state index contributed by atoms with van der Waals surface area (Å²) in [6, 6.07) is 10.3. The zero-order valence-electron chi connectivity index (χ0n) is 10.8. The molecule has 1 aliphatic heterocycles. The minimum Gasteiger partial charge on any atom is -0.375 e. The van der Waals surface area contributed by atoms with Crippen molar-refractivity contribution in [3.05, 3.63) is 35.9 Å². The normalized spacial score (nSPS) is 31.0. The number of hydrogen-bond acceptors (Lipinski definition) is 1. The molecule has 94 valence electrons. The van der Waals surface area contributed by atoms with Gasteiger partial charge in [0.1, 0.15) is 0 Å². The van der Waals surface area contributed by atoms with Crippen LogP contribution in [0, 0.1) is 17.8 Å². The van der Waals surface area contributed by atoms with Crippen LogP contribution in [0.5, 0.6) is 0 Å². The summed E-state index contributed by atoms with van der Waals surface area (Å²) in [6.07, 6.45) is 7.39. The highest BCUT2D eigenvalue weighted by atomic mass is 16.5. The van der Waals surface area contributed by atoms with Crippen molar-refractivity contribution < 1.29 is 4.74 Å². The van der Waals surface area contributed by atoms with Gasteiger partial charge in [-0.25, -0.2) is 0 Å². The SMILES string of the molecule is C(#C[C@H]1CCC[C@]2(CCCO2)C1)c1ccccc1. The number of rotatable bonds is 0. The van der Waals surface area contributed by atoms with Crippen LogP contribution in [0.15, 0.2) is 30.3 Å². The van der Waals surface area contributed by atoms with Gasteiger partial charge in [0.05, 0.1) is 5.60 Å². The zero-order chi connectivity index (χ0) is 12.3. The first-order valence-corrected chi connectivity index (χ1v) is 7.07. The molecule has 2 atom stereocenters. The van der Waals surface area contributed by atoms with Gasteiger partial charge >= 0.3 is 0 Å². The molecule has 1 saturated carbocycles. The maximum absolute atomic E-state index is 6.00. The van der Waals surface area contributed by atoms with Gasteiger partial charge in [-0.2, -0.15) is 0 Å². The number of benzene rings is 1. The largest absolute Gasteiger partial charge is 0.375 e. The highest BCUT2D eigenvalue weighted by Crippen LogP contribution is 2.41. The Kier molecular flexibility index (Phi) is 3.39. The van der Waals surface area contributed by atoms with Crippen LogP contribution in [-0.2, 0) is 4.74 Å². The fraction of sp³-hybridized carbons (Fsp3) is 0.529. The minimum atomic E-state index is 0.189. The lowest BCUT2D eigenvalue weighted by molar-refractivity contribution is -0.0331. The molecule has 2 fully saturated rings. The first-order valence-electron chi connectivity index (χ1n) is 7.07. The van der Waals surface area contributed by atoms with Crippen LogP contribution in [0.2, 0.25) is 0 Å². The van der Waals surface area contributed by atoms with E-state index in [-0.39, 0.29) is 5.60 Å². The summed E-state index contributed by atoms with van der Waals surface area (Å²) in [5, 5.41) is 0. The molecule has 1 aromatic rings. The van der Waals surface area contributed by atoms with E-state index >= 15 is 0 Å². The lowest BCUT2D eigenvalue weighted by Crippen LogP contribution is -2.34. The molecule has 2 aliphatic rings. The van der Waals surface area contributed by atoms with E-state index < -0.39 is 0 Å². The molecule has 1 aliphatic carbocycles. The van der Waals surface area contributed by atoms with E-state index in [0.29, 0.717) is 5.92 Å². The number of hydrogen-bond donors (Lipinski definition) is 0. The average Bonchev–Trinajstić information content (AvgIpc) is 2.86. The Bertz CT molecular complexity index is 445. The first-order chi connectivity index (χ1) is 8.86. The molecule has 1 heteroatoms. The van der Waals surface area contributed by atoms with E-state index in [1.165, 1.54) is 32.1 Å². The molecule has 0 amide bonds. The lowest BCUT2D eigenvalue weighted by Gasteiger charge is -2.35. The molecule has 1 spiro atoms. The van der Waals surface area contributed by atoms with Crippen LogP contribution < -0.4 is 0 Å². The van der Waals surface area contributed by atoms with E-state index in [2.05, 4.69) is 24.0 Å². The Balaban J connectivity index is 1.68. The summed E-state index contributed by atoms with van der Waals surface area (Å²) in [7, 11) is 0. The maximum Gasteiger partial charge on any atom is 0.0695 e. The van der Waals surface area contributed by atoms with Gasteiger partial charge < -0.3 is 4.74 Å². The van der Waals surface area contributed by atoms with E-state index in [1.54, 1.807) is 0 Å². The quantitative estimate of drug-likeness (QED) is 0.627. The summed E-state index contributed by atoms with van der Waals surface area (Å²) in [5.41, 5.74) is 1.32. The van der Waals surface area contributed by atoms with Crippen LogP contribution in [0.3, 0.4) is 0 Å². The van der Waals surface area contributed by atoms with Crippen LogP contribution in [-0.4, -0.2) is 12.2 Å². The predicted molar refractivity (Wildman–Crippen MR) is 73.2 cm³/mol. The summed E-state index contributed by atoms with van der Waals surface area (Å²) >= 11 is 0. The van der Waals surface area contributed by atoms with Crippen molar-refractivity contribution in [3.63, 3.8) is 0 Å². The number of ether oxygens (including phenoxy) is 1. The van der Waals surface area contributed by atoms with Gasteiger partial charge in [0.2, 0.25) is 0 Å². The van der Waals surface area contributed by atoms with Gasteiger partial charge in [0.15, 0.2) is 0 Å². The topological polar surface area (TPSA) is 9.23 Å². The van der Waals surface area contributed by atoms with Crippen LogP contribution in [0.1, 0.15) is 44.1 Å². The molecule has 1 nitrogen and oxygen atoms in total. The Labute approximate surface area is 110 Å². The van der Waals surface area contributed by atoms with Crippen LogP contribution in [0.25, 0.3) is 0 Å². The fourth-order valence-electron chi connectivity index (χ4n) is 3.27. The van der Waals surface area contributed by atoms with Gasteiger partial charge in [-0.3, -0.25) is 0 Å². The Morgan fingerprint density at radius 1 is 1.11 bits per heavy atom. The third-order valence-electron chi connectivity index (χ3n) is 4.18. The predicted octanol–water partition coefficient (Wildman–Crippen LogP) is 3.78. The van der Waals surface area contributed by atoms with Gasteiger partial charge in [0.25, 0.3) is 0 Å². The maximum atomic E-state index is 6.00. The monoisotopic (exact) mass is 240 g/mol. The highest BCUT2D eigenvalue weighted by molar-refractivity contribution is 5.34. The average molecular weight is 240 g/mol. The van der Waals surface area contributed by atoms with Crippen molar-refractivity contribution in [2.75, 3.05) is 6.61 Å². The fourth-order valence-corrected chi connectivity index (χ4v) is 3.27. The smallest absolute Gasteiger partial charge is 0.0695 e. The standard InChI is InChI=1S/C17H20O/c1-2-6-15(7-3-1)9-10-16-8-4-11-17(14-16)12-5-13-18-17/h1-3,6-7,16H,4-5,8,11-14H2/t16-,17+/m1/s1. The van der Waals surface area contributed by atoms with Crippen LogP contribution in [0.4, 0.5) is 0 Å². The second kappa shape index (κ2) is 5.16. The van der Waals surface area contributed by atoms with Crippen molar-refractivity contribution in [2.24, 2.45) is 5.92 Å². The van der Waals surface area contributed by atoms with Gasteiger partial charge in [-0.05, 0) is 50.7 Å². The molecule has 1 saturated heterocycles. The van der Waals surface area contributed by atoms with E-state index in [4.69, 9.17) is 4.74 Å². The molecule has 0 N–H and O–H groups in total. The van der Waals surface area contributed by atoms with E-state index in [1.807, 2.05) is 18.2 Å². The van der Waals surface area contributed by atoms with Crippen molar-refractivity contribution >= 4 is 0 Å². The summed E-state index contributed by atoms with van der Waals surface area (Å²) in [4.78, 5) is 0. The lowest BCUT2D eigenvalue weighted by atomic mass is 9.77. The third kappa shape index (κ3) is 2.60. The van der Waals surface area contributed by atoms with Gasteiger partial charge in [-0.1, -0.05) is 30.0 Å². The Hall–Kier alpha value is -1.26. The van der Waals surface area contributed by atoms with Crippen molar-refractivity contribution in [2.45, 2.75) is 44.1 Å². The Morgan fingerprint density at radius 3 is 2.72 bits per heavy atom. The summed E-state index contributed by atoms with van der Waals surface area (Å²) < 4.78 is 6.00. The van der Waals surface area contributed by atoms with Gasteiger partial charge in [-0.15, -0.1) is 0 Å². The van der Waals surface area contributed by atoms with E-state index in [0.717, 1.165) is 18.6 Å². The molecule has 0 unspecified atom stereocenters. The molecule has 3 rings (SSSR count).